The van der Waals surface area contributed by atoms with Crippen LogP contribution in [0.3, 0.4) is 0 Å². The lowest BCUT2D eigenvalue weighted by atomic mass is 9.95. The number of ether oxygens (including phenoxy) is 1. The van der Waals surface area contributed by atoms with E-state index >= 15 is 0 Å². The second-order valence-corrected chi connectivity index (χ2v) is 8.73. The number of carbonyl (C=O) groups is 3. The summed E-state index contributed by atoms with van der Waals surface area (Å²) < 4.78 is 5.28. The van der Waals surface area contributed by atoms with E-state index in [1.807, 2.05) is 30.5 Å². The largest absolute Gasteiger partial charge is 0.496 e. The molecule has 9 heteroatoms. The number of benzene rings is 1. The third kappa shape index (κ3) is 7.43. The van der Waals surface area contributed by atoms with Crippen molar-refractivity contribution in [3.63, 3.8) is 0 Å². The molecule has 1 fully saturated rings. The molecule has 1 aromatic rings. The summed E-state index contributed by atoms with van der Waals surface area (Å²) in [7, 11) is 1.58. The maximum absolute atomic E-state index is 12.6. The Hall–Kier alpha value is -2.26. The minimum atomic E-state index is -0.651. The number of para-hydroxylation sites is 1. The Bertz CT molecular complexity index is 753. The van der Waals surface area contributed by atoms with Crippen LogP contribution in [0.2, 0.25) is 0 Å². The quantitative estimate of drug-likeness (QED) is 0.493. The van der Waals surface area contributed by atoms with Gasteiger partial charge in [0, 0.05) is 31.1 Å². The van der Waals surface area contributed by atoms with Crippen molar-refractivity contribution in [2.24, 2.45) is 11.7 Å². The number of thioether (sulfide) groups is 1. The zero-order chi connectivity index (χ0) is 22.8. The summed E-state index contributed by atoms with van der Waals surface area (Å²) in [6.07, 6.45) is 3.79. The Kier molecular flexibility index (Phi) is 10.1. The summed E-state index contributed by atoms with van der Waals surface area (Å²) in [6, 6.07) is 6.32. The Balaban J connectivity index is 1.76. The molecule has 2 rings (SSSR count). The average molecular weight is 451 g/mol. The summed E-state index contributed by atoms with van der Waals surface area (Å²) in [4.78, 5) is 39.2. The van der Waals surface area contributed by atoms with E-state index in [1.54, 1.807) is 30.7 Å². The predicted molar refractivity (Wildman–Crippen MR) is 123 cm³/mol. The standard InChI is InChI=1S/C22H34N4O4S/c1-15(20(27)24-14-17-6-4-5-7-19(17)30-2)25-21(28)16-8-11-26(12-9-16)22(29)18(23)10-13-31-3/h4-7,15-16,18H,8-14,23H2,1-3H3,(H,24,27)(H,25,28)/t15-,18+/m1/s1. The van der Waals surface area contributed by atoms with E-state index in [1.165, 1.54) is 0 Å². The maximum Gasteiger partial charge on any atom is 0.242 e. The Morgan fingerprint density at radius 3 is 2.58 bits per heavy atom. The highest BCUT2D eigenvalue weighted by Gasteiger charge is 2.30. The van der Waals surface area contributed by atoms with Gasteiger partial charge in [-0.15, -0.1) is 0 Å². The molecular weight excluding hydrogens is 416 g/mol. The van der Waals surface area contributed by atoms with Crippen molar-refractivity contribution in [1.29, 1.82) is 0 Å². The summed E-state index contributed by atoms with van der Waals surface area (Å²) in [5.74, 6) is 0.884. The fourth-order valence-electron chi connectivity index (χ4n) is 3.55. The predicted octanol–water partition coefficient (Wildman–Crippen LogP) is 1.14. The lowest BCUT2D eigenvalue weighted by Gasteiger charge is -2.33. The van der Waals surface area contributed by atoms with Crippen LogP contribution in [-0.2, 0) is 20.9 Å². The molecule has 3 amide bonds. The molecule has 0 bridgehead atoms. The molecule has 172 valence electrons. The molecule has 0 aromatic heterocycles. The Labute approximate surface area is 188 Å². The van der Waals surface area contributed by atoms with E-state index in [2.05, 4.69) is 10.6 Å². The summed E-state index contributed by atoms with van der Waals surface area (Å²) >= 11 is 1.67. The molecule has 4 N–H and O–H groups in total. The van der Waals surface area contributed by atoms with Crippen molar-refractivity contribution in [2.45, 2.75) is 44.8 Å². The summed E-state index contributed by atoms with van der Waals surface area (Å²) in [5.41, 5.74) is 6.85. The minimum absolute atomic E-state index is 0.0444. The van der Waals surface area contributed by atoms with Gasteiger partial charge in [0.15, 0.2) is 0 Å². The molecule has 2 atom stereocenters. The number of hydrogen-bond donors (Lipinski definition) is 3. The third-order valence-electron chi connectivity index (χ3n) is 5.53. The van der Waals surface area contributed by atoms with Crippen LogP contribution in [-0.4, -0.2) is 66.9 Å². The molecule has 0 radical (unpaired) electrons. The highest BCUT2D eigenvalue weighted by molar-refractivity contribution is 7.98. The van der Waals surface area contributed by atoms with Crippen molar-refractivity contribution in [3.8, 4) is 5.75 Å². The number of hydrogen-bond acceptors (Lipinski definition) is 6. The van der Waals surface area contributed by atoms with Crippen LogP contribution in [0.5, 0.6) is 5.75 Å². The number of piperidine rings is 1. The fourth-order valence-corrected chi connectivity index (χ4v) is 4.04. The van der Waals surface area contributed by atoms with E-state index in [0.717, 1.165) is 11.3 Å². The second-order valence-electron chi connectivity index (χ2n) is 7.75. The lowest BCUT2D eigenvalue weighted by molar-refractivity contribution is -0.137. The first-order chi connectivity index (χ1) is 14.9. The van der Waals surface area contributed by atoms with Crippen LogP contribution in [0, 0.1) is 5.92 Å². The van der Waals surface area contributed by atoms with Crippen LogP contribution < -0.4 is 21.1 Å². The van der Waals surface area contributed by atoms with Gasteiger partial charge in [-0.1, -0.05) is 18.2 Å². The Morgan fingerprint density at radius 2 is 1.94 bits per heavy atom. The third-order valence-corrected chi connectivity index (χ3v) is 6.17. The lowest BCUT2D eigenvalue weighted by Crippen LogP contribution is -2.51. The summed E-state index contributed by atoms with van der Waals surface area (Å²) in [5, 5.41) is 5.63. The summed E-state index contributed by atoms with van der Waals surface area (Å²) in [6.45, 7) is 3.01. The molecule has 1 aromatic carbocycles. The monoisotopic (exact) mass is 450 g/mol. The van der Waals surface area contributed by atoms with E-state index in [-0.39, 0.29) is 23.6 Å². The number of likely N-dealkylation sites (tertiary alicyclic amines) is 1. The van der Waals surface area contributed by atoms with Crippen LogP contribution >= 0.6 is 11.8 Å². The van der Waals surface area contributed by atoms with Crippen molar-refractivity contribution < 1.29 is 19.1 Å². The zero-order valence-corrected chi connectivity index (χ0v) is 19.4. The van der Waals surface area contributed by atoms with Crippen molar-refractivity contribution >= 4 is 29.5 Å². The molecule has 1 heterocycles. The molecule has 0 spiro atoms. The van der Waals surface area contributed by atoms with Gasteiger partial charge in [-0.25, -0.2) is 0 Å². The number of nitrogens with zero attached hydrogens (tertiary/aromatic N) is 1. The molecule has 0 aliphatic carbocycles. The SMILES string of the molecule is COc1ccccc1CNC(=O)[C@@H](C)NC(=O)C1CCN(C(=O)[C@@H](N)CCSC)CC1. The number of methoxy groups -OCH3 is 1. The average Bonchev–Trinajstić information content (AvgIpc) is 2.80. The molecule has 0 saturated carbocycles. The van der Waals surface area contributed by atoms with E-state index < -0.39 is 12.1 Å². The van der Waals surface area contributed by atoms with E-state index in [9.17, 15) is 14.4 Å². The molecule has 8 nitrogen and oxygen atoms in total. The maximum atomic E-state index is 12.6. The zero-order valence-electron chi connectivity index (χ0n) is 18.6. The van der Waals surface area contributed by atoms with Crippen molar-refractivity contribution in [1.82, 2.24) is 15.5 Å². The van der Waals surface area contributed by atoms with Gasteiger partial charge in [-0.3, -0.25) is 14.4 Å². The highest BCUT2D eigenvalue weighted by atomic mass is 32.2. The van der Waals surface area contributed by atoms with Gasteiger partial charge in [0.1, 0.15) is 11.8 Å². The minimum Gasteiger partial charge on any atom is -0.496 e. The van der Waals surface area contributed by atoms with Gasteiger partial charge in [0.05, 0.1) is 13.2 Å². The van der Waals surface area contributed by atoms with Crippen LogP contribution in [0.1, 0.15) is 31.7 Å². The number of nitrogens with two attached hydrogens (primary N) is 1. The van der Waals surface area contributed by atoms with Crippen LogP contribution in [0.25, 0.3) is 0 Å². The molecule has 31 heavy (non-hydrogen) atoms. The van der Waals surface area contributed by atoms with E-state index in [4.69, 9.17) is 10.5 Å². The number of carbonyl (C=O) groups excluding carboxylic acids is 3. The fraction of sp³-hybridized carbons (Fsp3) is 0.591. The molecule has 1 saturated heterocycles. The first kappa shape index (κ1) is 25.0. The van der Waals surface area contributed by atoms with Crippen molar-refractivity contribution in [2.75, 3.05) is 32.2 Å². The topological polar surface area (TPSA) is 114 Å². The molecule has 0 unspecified atom stereocenters. The van der Waals surface area contributed by atoms with Gasteiger partial charge in [-0.05, 0) is 44.3 Å². The molecule has 1 aliphatic heterocycles. The normalized spacial score (nSPS) is 16.3. The molecular formula is C22H34N4O4S. The first-order valence-corrected chi connectivity index (χ1v) is 12.0. The van der Waals surface area contributed by atoms with Crippen LogP contribution in [0.4, 0.5) is 0 Å². The number of nitrogens with one attached hydrogen (secondary N) is 2. The Morgan fingerprint density at radius 1 is 1.26 bits per heavy atom. The van der Waals surface area contributed by atoms with Crippen LogP contribution in [0.15, 0.2) is 24.3 Å². The molecule has 1 aliphatic rings. The first-order valence-electron chi connectivity index (χ1n) is 10.6. The smallest absolute Gasteiger partial charge is 0.242 e. The van der Waals surface area contributed by atoms with Gasteiger partial charge in [-0.2, -0.15) is 11.8 Å². The highest BCUT2D eigenvalue weighted by Crippen LogP contribution is 2.19. The number of rotatable bonds is 10. The second kappa shape index (κ2) is 12.6. The van der Waals surface area contributed by atoms with E-state index in [0.29, 0.717) is 44.6 Å². The van der Waals surface area contributed by atoms with Gasteiger partial charge in [0.2, 0.25) is 17.7 Å². The van der Waals surface area contributed by atoms with Gasteiger partial charge < -0.3 is 26.0 Å². The number of amides is 3. The van der Waals surface area contributed by atoms with Crippen molar-refractivity contribution in [3.05, 3.63) is 29.8 Å². The van der Waals surface area contributed by atoms with Gasteiger partial charge >= 0.3 is 0 Å². The van der Waals surface area contributed by atoms with Gasteiger partial charge in [0.25, 0.3) is 0 Å².